The van der Waals surface area contributed by atoms with E-state index in [1.54, 1.807) is 7.11 Å². The quantitative estimate of drug-likeness (QED) is 0.274. The number of nitrogens with two attached hydrogens (primary N) is 1. The third-order valence-corrected chi connectivity index (χ3v) is 2.84. The van der Waals surface area contributed by atoms with Gasteiger partial charge in [0, 0.05) is 38.9 Å². The van der Waals surface area contributed by atoms with Crippen LogP contribution in [0.25, 0.3) is 0 Å². The normalized spacial score (nSPS) is 11.5. The lowest BCUT2D eigenvalue weighted by atomic mass is 10.2. The van der Waals surface area contributed by atoms with Gasteiger partial charge in [0.2, 0.25) is 5.96 Å². The zero-order valence-electron chi connectivity index (χ0n) is 11.4. The first-order valence-corrected chi connectivity index (χ1v) is 6.50. The van der Waals surface area contributed by atoms with Gasteiger partial charge in [0.05, 0.1) is 0 Å². The van der Waals surface area contributed by atoms with Gasteiger partial charge < -0.3 is 9.64 Å². The molecule has 0 saturated heterocycles. The molecule has 1 rings (SSSR count). The summed E-state index contributed by atoms with van der Waals surface area (Å²) in [5.74, 6) is 6.15. The van der Waals surface area contributed by atoms with Gasteiger partial charge in [-0.05, 0) is 24.1 Å². The zero-order valence-corrected chi connectivity index (χ0v) is 12.2. The van der Waals surface area contributed by atoms with Crippen molar-refractivity contribution < 1.29 is 4.74 Å². The first-order valence-electron chi connectivity index (χ1n) is 6.13. The van der Waals surface area contributed by atoms with Gasteiger partial charge in [-0.15, -0.1) is 0 Å². The van der Waals surface area contributed by atoms with Crippen molar-refractivity contribution in [3.05, 3.63) is 34.9 Å². The molecular weight excluding hydrogens is 264 g/mol. The van der Waals surface area contributed by atoms with E-state index < -0.39 is 0 Å². The molecular formula is C13H21ClN4O. The predicted molar refractivity (Wildman–Crippen MR) is 79.0 cm³/mol. The summed E-state index contributed by atoms with van der Waals surface area (Å²) in [6.07, 6.45) is 0.871. The third kappa shape index (κ3) is 5.92. The van der Waals surface area contributed by atoms with E-state index in [2.05, 4.69) is 10.4 Å². The minimum Gasteiger partial charge on any atom is -0.385 e. The van der Waals surface area contributed by atoms with Crippen LogP contribution in [0.1, 0.15) is 12.0 Å². The average Bonchev–Trinajstić information content (AvgIpc) is 2.41. The molecule has 6 heteroatoms. The van der Waals surface area contributed by atoms with Crippen molar-refractivity contribution in [2.24, 2.45) is 10.8 Å². The van der Waals surface area contributed by atoms with Crippen molar-refractivity contribution in [1.29, 1.82) is 0 Å². The Hall–Kier alpha value is -1.30. The number of benzene rings is 1. The van der Waals surface area contributed by atoms with Crippen molar-refractivity contribution in [3.8, 4) is 0 Å². The van der Waals surface area contributed by atoms with E-state index in [4.69, 9.17) is 22.2 Å². The van der Waals surface area contributed by atoms with Crippen LogP contribution in [0.4, 0.5) is 0 Å². The molecule has 0 saturated carbocycles. The fourth-order valence-corrected chi connectivity index (χ4v) is 1.73. The lowest BCUT2D eigenvalue weighted by Gasteiger charge is -2.20. The molecule has 3 N–H and O–H groups in total. The van der Waals surface area contributed by atoms with E-state index in [0.29, 0.717) is 25.7 Å². The highest BCUT2D eigenvalue weighted by Gasteiger charge is 2.05. The highest BCUT2D eigenvalue weighted by atomic mass is 35.5. The Morgan fingerprint density at radius 1 is 1.42 bits per heavy atom. The van der Waals surface area contributed by atoms with E-state index in [-0.39, 0.29) is 0 Å². The van der Waals surface area contributed by atoms with Crippen LogP contribution >= 0.6 is 11.6 Å². The molecule has 0 fully saturated rings. The number of guanidine groups is 1. The summed E-state index contributed by atoms with van der Waals surface area (Å²) in [5, 5.41) is 0.733. The third-order valence-electron chi connectivity index (χ3n) is 2.59. The topological polar surface area (TPSA) is 62.9 Å². The number of rotatable bonds is 6. The monoisotopic (exact) mass is 284 g/mol. The van der Waals surface area contributed by atoms with Gasteiger partial charge >= 0.3 is 0 Å². The molecule has 0 bridgehead atoms. The maximum absolute atomic E-state index is 5.85. The van der Waals surface area contributed by atoms with Gasteiger partial charge in [0.25, 0.3) is 0 Å². The summed E-state index contributed by atoms with van der Waals surface area (Å²) in [5.41, 5.74) is 3.76. The molecule has 0 atom stereocenters. The van der Waals surface area contributed by atoms with Crippen molar-refractivity contribution in [3.63, 3.8) is 0 Å². The first-order chi connectivity index (χ1) is 9.17. The van der Waals surface area contributed by atoms with Crippen LogP contribution in [-0.4, -0.2) is 38.2 Å². The van der Waals surface area contributed by atoms with Gasteiger partial charge in [-0.2, -0.15) is 0 Å². The second-order valence-corrected chi connectivity index (χ2v) is 4.61. The summed E-state index contributed by atoms with van der Waals surface area (Å²) in [4.78, 5) is 6.35. The Morgan fingerprint density at radius 2 is 2.11 bits per heavy atom. The fourth-order valence-electron chi connectivity index (χ4n) is 1.61. The Kier molecular flexibility index (Phi) is 7.25. The van der Waals surface area contributed by atoms with Gasteiger partial charge in [-0.25, -0.2) is 5.84 Å². The number of hydrazine groups is 1. The van der Waals surface area contributed by atoms with Crippen molar-refractivity contribution in [1.82, 2.24) is 10.3 Å². The Bertz CT molecular complexity index is 394. The highest BCUT2D eigenvalue weighted by molar-refractivity contribution is 6.30. The maximum atomic E-state index is 5.85. The zero-order chi connectivity index (χ0) is 14.1. The number of hydrogen-bond acceptors (Lipinski definition) is 3. The van der Waals surface area contributed by atoms with Gasteiger partial charge in [0.1, 0.15) is 0 Å². The van der Waals surface area contributed by atoms with Crippen LogP contribution in [0.15, 0.2) is 29.3 Å². The lowest BCUT2D eigenvalue weighted by Crippen LogP contribution is -2.42. The van der Waals surface area contributed by atoms with E-state index in [0.717, 1.165) is 17.0 Å². The molecule has 0 heterocycles. The van der Waals surface area contributed by atoms with E-state index >= 15 is 0 Å². The molecule has 0 aliphatic rings. The first kappa shape index (κ1) is 15.8. The number of hydrogen-bond donors (Lipinski definition) is 2. The SMILES string of the molecule is COCCCN=C(NN)N(C)Cc1ccc(Cl)cc1. The van der Waals surface area contributed by atoms with Crippen molar-refractivity contribution in [2.75, 3.05) is 27.3 Å². The molecule has 0 aliphatic carbocycles. The number of nitrogens with zero attached hydrogens (tertiary/aromatic N) is 2. The molecule has 0 aromatic heterocycles. The molecule has 1 aromatic rings. The van der Waals surface area contributed by atoms with Crippen molar-refractivity contribution in [2.45, 2.75) is 13.0 Å². The second kappa shape index (κ2) is 8.74. The maximum Gasteiger partial charge on any atom is 0.208 e. The van der Waals surface area contributed by atoms with E-state index in [9.17, 15) is 0 Å². The molecule has 5 nitrogen and oxygen atoms in total. The molecule has 19 heavy (non-hydrogen) atoms. The van der Waals surface area contributed by atoms with E-state index in [1.165, 1.54) is 0 Å². The van der Waals surface area contributed by atoms with Gasteiger partial charge in [0.15, 0.2) is 0 Å². The lowest BCUT2D eigenvalue weighted by molar-refractivity contribution is 0.197. The molecule has 0 radical (unpaired) electrons. The number of ether oxygens (including phenoxy) is 1. The Balaban J connectivity index is 2.53. The summed E-state index contributed by atoms with van der Waals surface area (Å²) < 4.78 is 4.98. The molecule has 1 aromatic carbocycles. The molecule has 0 amide bonds. The smallest absolute Gasteiger partial charge is 0.208 e. The van der Waals surface area contributed by atoms with Crippen LogP contribution in [-0.2, 0) is 11.3 Å². The standard InChI is InChI=1S/C13H21ClN4O/c1-18(10-11-4-6-12(14)7-5-11)13(17-15)16-8-3-9-19-2/h4-7H,3,8-10,15H2,1-2H3,(H,16,17). The summed E-state index contributed by atoms with van der Waals surface area (Å²) in [6, 6.07) is 7.71. The Labute approximate surface area is 119 Å². The minimum atomic E-state index is 0.658. The van der Waals surface area contributed by atoms with Crippen LogP contribution in [0.5, 0.6) is 0 Å². The number of halogens is 1. The molecule has 106 valence electrons. The van der Waals surface area contributed by atoms with Crippen LogP contribution < -0.4 is 11.3 Å². The predicted octanol–water partition coefficient (Wildman–Crippen LogP) is 1.63. The van der Waals surface area contributed by atoms with Gasteiger partial charge in [-0.3, -0.25) is 10.4 Å². The molecule has 0 unspecified atom stereocenters. The number of nitrogens with one attached hydrogen (secondary N) is 1. The van der Waals surface area contributed by atoms with Crippen LogP contribution in [0.2, 0.25) is 5.02 Å². The summed E-state index contributed by atoms with van der Waals surface area (Å²) in [6.45, 7) is 2.09. The largest absolute Gasteiger partial charge is 0.385 e. The van der Waals surface area contributed by atoms with Gasteiger partial charge in [-0.1, -0.05) is 23.7 Å². The number of methoxy groups -OCH3 is 1. The average molecular weight is 285 g/mol. The highest BCUT2D eigenvalue weighted by Crippen LogP contribution is 2.10. The van der Waals surface area contributed by atoms with Crippen LogP contribution in [0.3, 0.4) is 0 Å². The summed E-state index contributed by atoms with van der Waals surface area (Å²) in [7, 11) is 3.61. The fraction of sp³-hybridized carbons (Fsp3) is 0.462. The van der Waals surface area contributed by atoms with E-state index in [1.807, 2.05) is 36.2 Å². The summed E-state index contributed by atoms with van der Waals surface area (Å²) >= 11 is 5.85. The molecule has 0 spiro atoms. The second-order valence-electron chi connectivity index (χ2n) is 4.18. The number of aliphatic imine (C=N–C) groups is 1. The Morgan fingerprint density at radius 3 is 2.68 bits per heavy atom. The molecule has 0 aliphatic heterocycles. The van der Waals surface area contributed by atoms with Crippen LogP contribution in [0, 0.1) is 0 Å². The van der Waals surface area contributed by atoms with Crippen molar-refractivity contribution >= 4 is 17.6 Å². The minimum absolute atomic E-state index is 0.658.